The van der Waals surface area contributed by atoms with Crippen molar-refractivity contribution in [3.63, 3.8) is 0 Å². The monoisotopic (exact) mass is 442 g/mol. The number of rotatable bonds is 10. The largest absolute Gasteiger partial charge is 0.492 e. The number of anilines is 2. The van der Waals surface area contributed by atoms with Gasteiger partial charge >= 0.3 is 0 Å². The van der Waals surface area contributed by atoms with Crippen LogP contribution in [0, 0.1) is 10.1 Å². The second-order valence-electron chi connectivity index (χ2n) is 7.13. The summed E-state index contributed by atoms with van der Waals surface area (Å²) in [5.41, 5.74) is 0.553. The SMILES string of the molecule is CCN(CC)CCOc1ccc(NC(=O)CN2C(=O)COc3ccc([N+](=O)[O-])cc32)cc1. The lowest BCUT2D eigenvalue weighted by Crippen LogP contribution is -2.43. The van der Waals surface area contributed by atoms with Gasteiger partial charge in [-0.05, 0) is 43.4 Å². The normalized spacial score (nSPS) is 12.8. The molecular formula is C22H26N4O6. The number of nitro groups is 1. The standard InChI is InChI=1S/C22H26N4O6/c1-3-24(4-2)11-12-31-18-8-5-16(6-9-18)23-21(27)14-25-19-13-17(26(29)30)7-10-20(19)32-15-22(25)28/h5-10,13H,3-4,11-12,14-15H2,1-2H3,(H,23,27). The zero-order chi connectivity index (χ0) is 23.1. The van der Waals surface area contributed by atoms with Crippen molar-refractivity contribution in [2.24, 2.45) is 0 Å². The van der Waals surface area contributed by atoms with E-state index < -0.39 is 16.7 Å². The van der Waals surface area contributed by atoms with Gasteiger partial charge in [0.2, 0.25) is 5.91 Å². The van der Waals surface area contributed by atoms with Gasteiger partial charge in [-0.3, -0.25) is 24.6 Å². The highest BCUT2D eigenvalue weighted by atomic mass is 16.6. The molecule has 0 saturated heterocycles. The number of amides is 2. The number of benzene rings is 2. The van der Waals surface area contributed by atoms with Crippen molar-refractivity contribution in [1.29, 1.82) is 0 Å². The van der Waals surface area contributed by atoms with Crippen LogP contribution in [0.4, 0.5) is 17.1 Å². The van der Waals surface area contributed by atoms with Gasteiger partial charge in [0, 0.05) is 24.4 Å². The average molecular weight is 442 g/mol. The van der Waals surface area contributed by atoms with Crippen LogP contribution < -0.4 is 19.7 Å². The molecular weight excluding hydrogens is 416 g/mol. The molecule has 10 nitrogen and oxygen atoms in total. The Kier molecular flexibility index (Phi) is 7.61. The Hall–Kier alpha value is -3.66. The lowest BCUT2D eigenvalue weighted by atomic mass is 10.2. The smallest absolute Gasteiger partial charge is 0.271 e. The van der Waals surface area contributed by atoms with Crippen LogP contribution in [-0.4, -0.2) is 61.0 Å². The summed E-state index contributed by atoms with van der Waals surface area (Å²) in [5, 5.41) is 13.8. The van der Waals surface area contributed by atoms with E-state index >= 15 is 0 Å². The molecule has 1 heterocycles. The molecule has 0 aromatic heterocycles. The molecule has 1 aliphatic rings. The predicted octanol–water partition coefficient (Wildman–Crippen LogP) is 2.68. The van der Waals surface area contributed by atoms with E-state index in [0.717, 1.165) is 19.6 Å². The first kappa shape index (κ1) is 23.0. The van der Waals surface area contributed by atoms with Crippen LogP contribution in [0.15, 0.2) is 42.5 Å². The highest BCUT2D eigenvalue weighted by molar-refractivity contribution is 6.05. The summed E-state index contributed by atoms with van der Waals surface area (Å²) in [6.07, 6.45) is 0. The Morgan fingerprint density at radius 2 is 1.94 bits per heavy atom. The van der Waals surface area contributed by atoms with E-state index in [1.54, 1.807) is 24.3 Å². The molecule has 1 aliphatic heterocycles. The first-order valence-electron chi connectivity index (χ1n) is 10.4. The number of ether oxygens (including phenoxy) is 2. The summed E-state index contributed by atoms with van der Waals surface area (Å²) < 4.78 is 11.0. The first-order chi connectivity index (χ1) is 15.4. The van der Waals surface area contributed by atoms with Crippen LogP contribution in [0.1, 0.15) is 13.8 Å². The fourth-order valence-corrected chi connectivity index (χ4v) is 3.29. The summed E-state index contributed by atoms with van der Waals surface area (Å²) in [5.74, 6) is 0.118. The minimum Gasteiger partial charge on any atom is -0.492 e. The van der Waals surface area contributed by atoms with Gasteiger partial charge in [0.15, 0.2) is 6.61 Å². The minimum atomic E-state index is -0.566. The molecule has 2 aromatic rings. The Morgan fingerprint density at radius 1 is 1.22 bits per heavy atom. The third-order valence-corrected chi connectivity index (χ3v) is 5.11. The third-order valence-electron chi connectivity index (χ3n) is 5.11. The number of nitrogens with zero attached hydrogens (tertiary/aromatic N) is 3. The third kappa shape index (κ3) is 5.73. The zero-order valence-electron chi connectivity index (χ0n) is 18.1. The number of non-ortho nitro benzene ring substituents is 1. The highest BCUT2D eigenvalue weighted by Gasteiger charge is 2.29. The summed E-state index contributed by atoms with van der Waals surface area (Å²) >= 11 is 0. The lowest BCUT2D eigenvalue weighted by molar-refractivity contribution is -0.384. The van der Waals surface area contributed by atoms with E-state index in [0.29, 0.717) is 23.8 Å². The number of nitro benzene ring substituents is 1. The molecule has 0 atom stereocenters. The molecule has 0 fully saturated rings. The molecule has 0 spiro atoms. The second kappa shape index (κ2) is 10.6. The molecule has 32 heavy (non-hydrogen) atoms. The molecule has 0 bridgehead atoms. The summed E-state index contributed by atoms with van der Waals surface area (Å²) in [6, 6.07) is 10.9. The van der Waals surface area contributed by atoms with Gasteiger partial charge in [0.25, 0.3) is 11.6 Å². The van der Waals surface area contributed by atoms with E-state index in [-0.39, 0.29) is 24.5 Å². The molecule has 0 saturated carbocycles. The molecule has 0 aliphatic carbocycles. The summed E-state index contributed by atoms with van der Waals surface area (Å²) in [6.45, 7) is 7.01. The topological polar surface area (TPSA) is 114 Å². The number of fused-ring (bicyclic) bond motifs is 1. The second-order valence-corrected chi connectivity index (χ2v) is 7.13. The van der Waals surface area contributed by atoms with E-state index in [4.69, 9.17) is 9.47 Å². The fraction of sp³-hybridized carbons (Fsp3) is 0.364. The predicted molar refractivity (Wildman–Crippen MR) is 119 cm³/mol. The summed E-state index contributed by atoms with van der Waals surface area (Å²) in [7, 11) is 0. The number of carbonyl (C=O) groups excluding carboxylic acids is 2. The Balaban J connectivity index is 1.59. The van der Waals surface area contributed by atoms with Gasteiger partial charge in [-0.25, -0.2) is 0 Å². The molecule has 10 heteroatoms. The molecule has 2 amide bonds. The minimum absolute atomic E-state index is 0.191. The first-order valence-corrected chi connectivity index (χ1v) is 10.4. The Morgan fingerprint density at radius 3 is 2.59 bits per heavy atom. The fourth-order valence-electron chi connectivity index (χ4n) is 3.29. The van der Waals surface area contributed by atoms with Crippen LogP contribution in [0.25, 0.3) is 0 Å². The van der Waals surface area contributed by atoms with Crippen molar-refractivity contribution in [3.8, 4) is 11.5 Å². The Labute approximate surface area is 185 Å². The van der Waals surface area contributed by atoms with Crippen LogP contribution in [0.2, 0.25) is 0 Å². The highest BCUT2D eigenvalue weighted by Crippen LogP contribution is 2.35. The van der Waals surface area contributed by atoms with Crippen molar-refractivity contribution < 1.29 is 24.0 Å². The summed E-state index contributed by atoms with van der Waals surface area (Å²) in [4.78, 5) is 38.8. The zero-order valence-corrected chi connectivity index (χ0v) is 18.1. The van der Waals surface area contributed by atoms with Crippen molar-refractivity contribution in [2.45, 2.75) is 13.8 Å². The van der Waals surface area contributed by atoms with Crippen molar-refractivity contribution in [2.75, 3.05) is 49.6 Å². The van der Waals surface area contributed by atoms with Crippen LogP contribution in [0.3, 0.4) is 0 Å². The number of hydrogen-bond donors (Lipinski definition) is 1. The van der Waals surface area contributed by atoms with Gasteiger partial charge in [-0.2, -0.15) is 0 Å². The molecule has 3 rings (SSSR count). The van der Waals surface area contributed by atoms with Gasteiger partial charge in [0.1, 0.15) is 24.7 Å². The van der Waals surface area contributed by atoms with Crippen LogP contribution in [-0.2, 0) is 9.59 Å². The van der Waals surface area contributed by atoms with Crippen molar-refractivity contribution >= 4 is 28.9 Å². The van der Waals surface area contributed by atoms with Crippen LogP contribution in [0.5, 0.6) is 11.5 Å². The molecule has 170 valence electrons. The van der Waals surface area contributed by atoms with Gasteiger partial charge < -0.3 is 19.7 Å². The van der Waals surface area contributed by atoms with Gasteiger partial charge in [-0.1, -0.05) is 13.8 Å². The maximum atomic E-state index is 12.5. The number of nitrogens with one attached hydrogen (secondary N) is 1. The van der Waals surface area contributed by atoms with E-state index in [1.807, 2.05) is 0 Å². The van der Waals surface area contributed by atoms with Crippen molar-refractivity contribution in [3.05, 3.63) is 52.6 Å². The quantitative estimate of drug-likeness (QED) is 0.444. The van der Waals surface area contributed by atoms with E-state index in [2.05, 4.69) is 24.1 Å². The lowest BCUT2D eigenvalue weighted by Gasteiger charge is -2.28. The molecule has 1 N–H and O–H groups in total. The van der Waals surface area contributed by atoms with Crippen LogP contribution >= 0.6 is 0 Å². The van der Waals surface area contributed by atoms with Crippen molar-refractivity contribution in [1.82, 2.24) is 4.90 Å². The molecule has 0 radical (unpaired) electrons. The molecule has 2 aromatic carbocycles. The van der Waals surface area contributed by atoms with Gasteiger partial charge in [0.05, 0.1) is 10.6 Å². The van der Waals surface area contributed by atoms with E-state index in [9.17, 15) is 19.7 Å². The number of hydrogen-bond acceptors (Lipinski definition) is 7. The number of likely N-dealkylation sites (N-methyl/N-ethyl adjacent to an activating group) is 1. The molecule has 0 unspecified atom stereocenters. The van der Waals surface area contributed by atoms with Gasteiger partial charge in [-0.15, -0.1) is 0 Å². The average Bonchev–Trinajstić information content (AvgIpc) is 2.79. The maximum Gasteiger partial charge on any atom is 0.271 e. The number of carbonyl (C=O) groups is 2. The Bertz CT molecular complexity index is 975. The van der Waals surface area contributed by atoms with E-state index in [1.165, 1.54) is 23.1 Å². The maximum absolute atomic E-state index is 12.5.